The van der Waals surface area contributed by atoms with E-state index in [9.17, 15) is 0 Å². The van der Waals surface area contributed by atoms with Crippen LogP contribution < -0.4 is 10.6 Å². The van der Waals surface area contributed by atoms with Crippen LogP contribution in [0.1, 0.15) is 44.9 Å². The second kappa shape index (κ2) is 6.49. The lowest BCUT2D eigenvalue weighted by Crippen LogP contribution is -2.30. The minimum absolute atomic E-state index is 0.988. The molecule has 2 nitrogen and oxygen atoms in total. The van der Waals surface area contributed by atoms with Crippen molar-refractivity contribution in [3.8, 4) is 0 Å². The standard InChI is InChI=1S/C13H26N2/c1-2-12(3-1)4-8-14-9-5-13-6-10-15-11-7-13/h12-15H,1-11H2. The fraction of sp³-hybridized carbons (Fsp3) is 1.00. The monoisotopic (exact) mass is 210 g/mol. The molecule has 0 atom stereocenters. The largest absolute Gasteiger partial charge is 0.317 e. The van der Waals surface area contributed by atoms with Gasteiger partial charge in [0.25, 0.3) is 0 Å². The zero-order chi connectivity index (χ0) is 10.3. The maximum Gasteiger partial charge on any atom is -0.00463 e. The van der Waals surface area contributed by atoms with Crippen LogP contribution in [-0.4, -0.2) is 26.2 Å². The Morgan fingerprint density at radius 2 is 1.47 bits per heavy atom. The van der Waals surface area contributed by atoms with Gasteiger partial charge < -0.3 is 10.6 Å². The van der Waals surface area contributed by atoms with Gasteiger partial charge in [-0.15, -0.1) is 0 Å². The van der Waals surface area contributed by atoms with Gasteiger partial charge in [0.2, 0.25) is 0 Å². The average Bonchev–Trinajstić information content (AvgIpc) is 2.22. The van der Waals surface area contributed by atoms with Crippen molar-refractivity contribution in [2.24, 2.45) is 11.8 Å². The van der Waals surface area contributed by atoms with Gasteiger partial charge in [-0.1, -0.05) is 19.3 Å². The van der Waals surface area contributed by atoms with Gasteiger partial charge in [0, 0.05) is 0 Å². The topological polar surface area (TPSA) is 24.1 Å². The lowest BCUT2D eigenvalue weighted by molar-refractivity contribution is 0.288. The zero-order valence-electron chi connectivity index (χ0n) is 9.93. The second-order valence-electron chi connectivity index (χ2n) is 5.32. The van der Waals surface area contributed by atoms with Crippen LogP contribution in [0, 0.1) is 11.8 Å². The van der Waals surface area contributed by atoms with Gasteiger partial charge in [-0.2, -0.15) is 0 Å². The van der Waals surface area contributed by atoms with E-state index in [1.807, 2.05) is 0 Å². The Morgan fingerprint density at radius 1 is 0.867 bits per heavy atom. The van der Waals surface area contributed by atoms with Crippen molar-refractivity contribution in [3.63, 3.8) is 0 Å². The summed E-state index contributed by atoms with van der Waals surface area (Å²) < 4.78 is 0. The van der Waals surface area contributed by atoms with Crippen LogP contribution in [0.25, 0.3) is 0 Å². The van der Waals surface area contributed by atoms with Crippen LogP contribution in [0.3, 0.4) is 0 Å². The van der Waals surface area contributed by atoms with E-state index >= 15 is 0 Å². The van der Waals surface area contributed by atoms with E-state index in [-0.39, 0.29) is 0 Å². The van der Waals surface area contributed by atoms with Crippen molar-refractivity contribution in [1.82, 2.24) is 10.6 Å². The van der Waals surface area contributed by atoms with Gasteiger partial charge >= 0.3 is 0 Å². The average molecular weight is 210 g/mol. The molecule has 1 aliphatic carbocycles. The smallest absolute Gasteiger partial charge is 0.00463 e. The number of hydrogen-bond donors (Lipinski definition) is 2. The summed E-state index contributed by atoms with van der Waals surface area (Å²) in [6.07, 6.45) is 10.1. The molecule has 0 amide bonds. The molecule has 2 heteroatoms. The molecule has 2 aliphatic rings. The van der Waals surface area contributed by atoms with Crippen molar-refractivity contribution in [1.29, 1.82) is 0 Å². The molecule has 2 fully saturated rings. The van der Waals surface area contributed by atoms with Crippen LogP contribution in [-0.2, 0) is 0 Å². The Labute approximate surface area is 94.2 Å². The highest BCUT2D eigenvalue weighted by molar-refractivity contribution is 4.72. The molecule has 0 unspecified atom stereocenters. The first-order chi connectivity index (χ1) is 7.45. The summed E-state index contributed by atoms with van der Waals surface area (Å²) in [4.78, 5) is 0. The van der Waals surface area contributed by atoms with Crippen molar-refractivity contribution in [2.45, 2.75) is 44.9 Å². The zero-order valence-corrected chi connectivity index (χ0v) is 9.93. The molecular weight excluding hydrogens is 184 g/mol. The summed E-state index contributed by atoms with van der Waals surface area (Å²) in [6, 6.07) is 0. The molecule has 2 rings (SSSR count). The molecule has 0 aromatic carbocycles. The van der Waals surface area contributed by atoms with Gasteiger partial charge in [0.05, 0.1) is 0 Å². The van der Waals surface area contributed by atoms with Crippen LogP contribution in [0.15, 0.2) is 0 Å². The summed E-state index contributed by atoms with van der Waals surface area (Å²) in [7, 11) is 0. The SMILES string of the molecule is C1CC(CCNCCC2CCNCC2)C1. The predicted molar refractivity (Wildman–Crippen MR) is 65.0 cm³/mol. The molecule has 1 heterocycles. The van der Waals surface area contributed by atoms with E-state index in [1.54, 1.807) is 0 Å². The molecule has 15 heavy (non-hydrogen) atoms. The maximum absolute atomic E-state index is 3.61. The van der Waals surface area contributed by atoms with E-state index in [4.69, 9.17) is 0 Å². The number of hydrogen-bond acceptors (Lipinski definition) is 2. The highest BCUT2D eigenvalue weighted by atomic mass is 14.9. The van der Waals surface area contributed by atoms with E-state index in [1.165, 1.54) is 71.1 Å². The van der Waals surface area contributed by atoms with E-state index in [2.05, 4.69) is 10.6 Å². The second-order valence-corrected chi connectivity index (χ2v) is 5.32. The molecular formula is C13H26N2. The number of rotatable bonds is 6. The van der Waals surface area contributed by atoms with E-state index < -0.39 is 0 Å². The highest BCUT2D eigenvalue weighted by Gasteiger charge is 2.16. The lowest BCUT2D eigenvalue weighted by Gasteiger charge is -2.26. The van der Waals surface area contributed by atoms with Crippen LogP contribution in [0.5, 0.6) is 0 Å². The van der Waals surface area contributed by atoms with Gasteiger partial charge in [-0.25, -0.2) is 0 Å². The summed E-state index contributed by atoms with van der Waals surface area (Å²) in [6.45, 7) is 4.99. The number of nitrogens with one attached hydrogen (secondary N) is 2. The highest BCUT2D eigenvalue weighted by Crippen LogP contribution is 2.28. The first kappa shape index (κ1) is 11.4. The van der Waals surface area contributed by atoms with Gasteiger partial charge in [-0.05, 0) is 63.7 Å². The van der Waals surface area contributed by atoms with Gasteiger partial charge in [0.15, 0.2) is 0 Å². The first-order valence-corrected chi connectivity index (χ1v) is 6.86. The third-order valence-corrected chi connectivity index (χ3v) is 4.14. The van der Waals surface area contributed by atoms with Crippen LogP contribution >= 0.6 is 0 Å². The van der Waals surface area contributed by atoms with Crippen molar-refractivity contribution in [2.75, 3.05) is 26.2 Å². The van der Waals surface area contributed by atoms with E-state index in [0.29, 0.717) is 0 Å². The Kier molecular flexibility index (Phi) is 4.94. The first-order valence-electron chi connectivity index (χ1n) is 6.86. The van der Waals surface area contributed by atoms with Crippen molar-refractivity contribution in [3.05, 3.63) is 0 Å². The number of piperidine rings is 1. The summed E-state index contributed by atoms with van der Waals surface area (Å²) in [5.74, 6) is 2.05. The quantitative estimate of drug-likeness (QED) is 0.657. The Bertz CT molecular complexity index is 160. The van der Waals surface area contributed by atoms with Crippen molar-refractivity contribution < 1.29 is 0 Å². The van der Waals surface area contributed by atoms with Crippen LogP contribution in [0.2, 0.25) is 0 Å². The molecule has 0 aromatic rings. The maximum atomic E-state index is 3.61. The molecule has 1 saturated heterocycles. The molecule has 0 spiro atoms. The lowest BCUT2D eigenvalue weighted by atomic mass is 9.83. The predicted octanol–water partition coefficient (Wildman–Crippen LogP) is 2.16. The summed E-state index contributed by atoms with van der Waals surface area (Å²) in [5.41, 5.74) is 0. The Morgan fingerprint density at radius 3 is 2.00 bits per heavy atom. The minimum atomic E-state index is 0.988. The van der Waals surface area contributed by atoms with Crippen molar-refractivity contribution >= 4 is 0 Å². The van der Waals surface area contributed by atoms with Gasteiger partial charge in [-0.3, -0.25) is 0 Å². The Balaban J connectivity index is 1.40. The third kappa shape index (κ3) is 4.12. The fourth-order valence-electron chi connectivity index (χ4n) is 2.69. The fourth-order valence-corrected chi connectivity index (χ4v) is 2.69. The molecule has 0 bridgehead atoms. The normalized spacial score (nSPS) is 24.0. The molecule has 2 N–H and O–H groups in total. The molecule has 0 radical (unpaired) electrons. The Hall–Kier alpha value is -0.0800. The molecule has 1 aliphatic heterocycles. The minimum Gasteiger partial charge on any atom is -0.317 e. The van der Waals surface area contributed by atoms with Gasteiger partial charge in [0.1, 0.15) is 0 Å². The van der Waals surface area contributed by atoms with Crippen LogP contribution in [0.4, 0.5) is 0 Å². The van der Waals surface area contributed by atoms with E-state index in [0.717, 1.165) is 11.8 Å². The molecule has 1 saturated carbocycles. The molecule has 88 valence electrons. The summed E-state index contributed by atoms with van der Waals surface area (Å²) >= 11 is 0. The third-order valence-electron chi connectivity index (χ3n) is 4.14. The molecule has 0 aromatic heterocycles. The summed E-state index contributed by atoms with van der Waals surface area (Å²) in [5, 5.41) is 7.04.